The second-order valence-corrected chi connectivity index (χ2v) is 12.4. The predicted octanol–water partition coefficient (Wildman–Crippen LogP) is 6.21. The number of rotatable bonds is 8. The second kappa shape index (κ2) is 11.3. The third kappa shape index (κ3) is 5.84. The van der Waals surface area contributed by atoms with E-state index in [9.17, 15) is 22.4 Å². The molecule has 45 heavy (non-hydrogen) atoms. The van der Waals surface area contributed by atoms with Gasteiger partial charge in [-0.2, -0.15) is 13.2 Å². The molecule has 4 aromatic rings. The van der Waals surface area contributed by atoms with Crippen LogP contribution in [0, 0.1) is 11.7 Å². The van der Waals surface area contributed by atoms with Crippen LogP contribution in [0.15, 0.2) is 48.8 Å². The van der Waals surface area contributed by atoms with Crippen LogP contribution in [0.3, 0.4) is 0 Å². The number of benzene rings is 2. The SMILES string of the molecule is CN1CC[C@@H](COCc2cc3c(c(C(F)(F)F)c2)CN(c2cc(-c4ccc(F)cc4-c4nncn4C)cc(C4CC4)n2)C3=O)C1. The van der Waals surface area contributed by atoms with Gasteiger partial charge in [-0.25, -0.2) is 9.37 Å². The van der Waals surface area contributed by atoms with Gasteiger partial charge in [-0.1, -0.05) is 6.07 Å². The Hall–Kier alpha value is -4.16. The minimum atomic E-state index is -4.65. The third-order valence-corrected chi connectivity index (χ3v) is 8.87. The highest BCUT2D eigenvalue weighted by Crippen LogP contribution is 2.44. The molecule has 0 unspecified atom stereocenters. The zero-order valence-corrected chi connectivity index (χ0v) is 24.9. The summed E-state index contributed by atoms with van der Waals surface area (Å²) in [6, 6.07) is 10.5. The van der Waals surface area contributed by atoms with Gasteiger partial charge >= 0.3 is 6.18 Å². The number of likely N-dealkylation sites (tertiary alicyclic amines) is 1. The maximum absolute atomic E-state index is 14.4. The van der Waals surface area contributed by atoms with E-state index in [1.807, 2.05) is 13.1 Å². The molecule has 3 aliphatic rings. The third-order valence-electron chi connectivity index (χ3n) is 8.87. The van der Waals surface area contributed by atoms with Crippen LogP contribution >= 0.6 is 0 Å². The van der Waals surface area contributed by atoms with Crippen LogP contribution in [0.5, 0.6) is 0 Å². The van der Waals surface area contributed by atoms with E-state index in [0.717, 1.165) is 44.1 Å². The fraction of sp³-hybridized carbons (Fsp3) is 0.394. The van der Waals surface area contributed by atoms with Crippen molar-refractivity contribution in [1.29, 1.82) is 0 Å². The van der Waals surface area contributed by atoms with Crippen LogP contribution in [0.4, 0.5) is 23.4 Å². The normalized spacial score (nSPS) is 18.7. The van der Waals surface area contributed by atoms with Gasteiger partial charge in [0.25, 0.3) is 5.91 Å². The molecule has 4 heterocycles. The summed E-state index contributed by atoms with van der Waals surface area (Å²) in [5, 5.41) is 8.09. The monoisotopic (exact) mass is 620 g/mol. The Morgan fingerprint density at radius 2 is 1.82 bits per heavy atom. The number of nitrogens with zero attached hydrogens (tertiary/aromatic N) is 6. The quantitative estimate of drug-likeness (QED) is 0.218. The Kier molecular flexibility index (Phi) is 7.44. The van der Waals surface area contributed by atoms with Crippen molar-refractivity contribution in [3.63, 3.8) is 0 Å². The smallest absolute Gasteiger partial charge is 0.376 e. The van der Waals surface area contributed by atoms with Crippen LogP contribution in [-0.4, -0.2) is 57.3 Å². The number of pyridine rings is 1. The molecule has 7 rings (SSSR count). The molecular weight excluding hydrogens is 588 g/mol. The largest absolute Gasteiger partial charge is 0.416 e. The molecule has 2 fully saturated rings. The molecule has 12 heteroatoms. The van der Waals surface area contributed by atoms with Crippen LogP contribution in [0.2, 0.25) is 0 Å². The van der Waals surface area contributed by atoms with Gasteiger partial charge in [0.2, 0.25) is 0 Å². The van der Waals surface area contributed by atoms with Gasteiger partial charge in [-0.15, -0.1) is 10.2 Å². The summed E-state index contributed by atoms with van der Waals surface area (Å²) in [6.45, 7) is 2.02. The van der Waals surface area contributed by atoms with Crippen molar-refractivity contribution in [2.75, 3.05) is 31.6 Å². The standard InChI is InChI=1S/C33H32F4N6O2/c1-41-8-7-19(14-41)16-45-17-20-9-26-27(28(10-20)33(35,36)37)15-43(32(26)44)30-12-22(11-29(39-30)21-3-4-21)24-6-5-23(34)13-25(24)31-40-38-18-42(31)2/h5-6,9-13,18-19,21H,3-4,7-8,14-17H2,1-2H3/t19-/m1/s1. The number of hydrogen-bond acceptors (Lipinski definition) is 6. The van der Waals surface area contributed by atoms with Gasteiger partial charge in [0.15, 0.2) is 5.82 Å². The molecule has 1 amide bonds. The number of halogens is 4. The average molecular weight is 621 g/mol. The molecule has 0 spiro atoms. The number of carbonyl (C=O) groups is 1. The van der Waals surface area contributed by atoms with Gasteiger partial charge in [-0.3, -0.25) is 9.69 Å². The molecule has 1 saturated heterocycles. The van der Waals surface area contributed by atoms with Crippen LogP contribution in [0.1, 0.15) is 57.9 Å². The molecule has 2 aromatic carbocycles. The Morgan fingerprint density at radius 3 is 2.51 bits per heavy atom. The fourth-order valence-corrected chi connectivity index (χ4v) is 6.39. The summed E-state index contributed by atoms with van der Waals surface area (Å²) in [7, 11) is 3.78. The minimum Gasteiger partial charge on any atom is -0.376 e. The lowest BCUT2D eigenvalue weighted by atomic mass is 9.98. The van der Waals surface area contributed by atoms with E-state index in [1.54, 1.807) is 23.7 Å². The first-order valence-corrected chi connectivity index (χ1v) is 15.0. The highest BCUT2D eigenvalue weighted by molar-refractivity contribution is 6.10. The number of aromatic nitrogens is 4. The topological polar surface area (TPSA) is 76.4 Å². The fourth-order valence-electron chi connectivity index (χ4n) is 6.39. The first kappa shape index (κ1) is 29.5. The van der Waals surface area contributed by atoms with Crippen molar-refractivity contribution in [3.05, 3.63) is 82.6 Å². The Labute approximate surface area is 257 Å². The first-order valence-electron chi connectivity index (χ1n) is 15.0. The Bertz CT molecular complexity index is 1780. The van der Waals surface area contributed by atoms with Crippen molar-refractivity contribution in [1.82, 2.24) is 24.6 Å². The van der Waals surface area contributed by atoms with Gasteiger partial charge in [0.1, 0.15) is 18.0 Å². The summed E-state index contributed by atoms with van der Waals surface area (Å²) in [4.78, 5) is 22.1. The molecule has 234 valence electrons. The molecule has 0 radical (unpaired) electrons. The lowest BCUT2D eigenvalue weighted by Gasteiger charge is -2.19. The van der Waals surface area contributed by atoms with Crippen molar-refractivity contribution < 1.29 is 27.1 Å². The van der Waals surface area contributed by atoms with E-state index in [2.05, 4.69) is 15.1 Å². The number of ether oxygens (including phenoxy) is 1. The van der Waals surface area contributed by atoms with Gasteiger partial charge in [0, 0.05) is 36.3 Å². The highest BCUT2D eigenvalue weighted by Gasteiger charge is 2.41. The number of hydrogen-bond donors (Lipinski definition) is 0. The molecule has 0 N–H and O–H groups in total. The number of amides is 1. The Morgan fingerprint density at radius 1 is 1.00 bits per heavy atom. The summed E-state index contributed by atoms with van der Waals surface area (Å²) < 4.78 is 65.0. The molecule has 2 aromatic heterocycles. The van der Waals surface area contributed by atoms with Gasteiger partial charge in [0.05, 0.1) is 25.3 Å². The molecule has 0 bridgehead atoms. The zero-order valence-electron chi connectivity index (χ0n) is 24.9. The van der Waals surface area contributed by atoms with E-state index in [4.69, 9.17) is 9.72 Å². The van der Waals surface area contributed by atoms with Crippen molar-refractivity contribution in [2.24, 2.45) is 13.0 Å². The minimum absolute atomic E-state index is 0.00533. The van der Waals surface area contributed by atoms with Crippen molar-refractivity contribution in [2.45, 2.75) is 44.5 Å². The zero-order chi connectivity index (χ0) is 31.5. The Balaban J connectivity index is 1.24. The van der Waals surface area contributed by atoms with Crippen LogP contribution in [-0.2, 0) is 31.1 Å². The van der Waals surface area contributed by atoms with Crippen molar-refractivity contribution >= 4 is 11.7 Å². The average Bonchev–Trinajstić information content (AvgIpc) is 3.51. The van der Waals surface area contributed by atoms with E-state index < -0.39 is 23.5 Å². The number of carbonyl (C=O) groups excluding carboxylic acids is 1. The van der Waals surface area contributed by atoms with Crippen LogP contribution < -0.4 is 4.90 Å². The molecule has 8 nitrogen and oxygen atoms in total. The maximum Gasteiger partial charge on any atom is 0.416 e. The number of aryl methyl sites for hydroxylation is 1. The molecular formula is C33H32F4N6O2. The molecule has 1 atom stereocenters. The molecule has 2 aliphatic heterocycles. The van der Waals surface area contributed by atoms with Crippen molar-refractivity contribution in [3.8, 4) is 22.5 Å². The summed E-state index contributed by atoms with van der Waals surface area (Å²) >= 11 is 0. The molecule has 1 saturated carbocycles. The molecule has 1 aliphatic carbocycles. The highest BCUT2D eigenvalue weighted by atomic mass is 19.4. The number of alkyl halides is 3. The van der Waals surface area contributed by atoms with Gasteiger partial charge in [-0.05, 0) is 97.4 Å². The van der Waals surface area contributed by atoms with E-state index in [1.165, 1.54) is 29.4 Å². The summed E-state index contributed by atoms with van der Waals surface area (Å²) in [6.07, 6.45) is -0.319. The summed E-state index contributed by atoms with van der Waals surface area (Å²) in [5.74, 6) is 0.210. The summed E-state index contributed by atoms with van der Waals surface area (Å²) in [5.41, 5.74) is 1.94. The van der Waals surface area contributed by atoms with Crippen LogP contribution in [0.25, 0.3) is 22.5 Å². The van der Waals surface area contributed by atoms with Gasteiger partial charge < -0.3 is 14.2 Å². The van der Waals surface area contributed by atoms with E-state index >= 15 is 0 Å². The van der Waals surface area contributed by atoms with E-state index in [-0.39, 0.29) is 36.0 Å². The predicted molar refractivity (Wildman–Crippen MR) is 159 cm³/mol. The number of anilines is 1. The first-order chi connectivity index (χ1) is 21.5. The lowest BCUT2D eigenvalue weighted by molar-refractivity contribution is -0.138. The van der Waals surface area contributed by atoms with E-state index in [0.29, 0.717) is 40.6 Å². The lowest BCUT2D eigenvalue weighted by Crippen LogP contribution is -2.24. The number of fused-ring (bicyclic) bond motifs is 1. The second-order valence-electron chi connectivity index (χ2n) is 12.4. The maximum atomic E-state index is 14.4.